The zero-order chi connectivity index (χ0) is 19.8. The first-order valence-corrected chi connectivity index (χ1v) is 12.6. The Bertz CT molecular complexity index is 822. The maximum absolute atomic E-state index is 6.56. The van der Waals surface area contributed by atoms with E-state index >= 15 is 0 Å². The minimum absolute atomic E-state index is 0.583. The van der Waals surface area contributed by atoms with Gasteiger partial charge < -0.3 is 0 Å². The van der Waals surface area contributed by atoms with Gasteiger partial charge in [0.2, 0.25) is 0 Å². The Morgan fingerprint density at radius 2 is 0.724 bits per heavy atom. The molecule has 0 amide bonds. The fraction of sp³-hybridized carbons (Fsp3) is 0.0400. The van der Waals surface area contributed by atoms with E-state index in [-0.39, 0.29) is 0 Å². The third-order valence-electron chi connectivity index (χ3n) is 4.31. The predicted octanol–water partition coefficient (Wildman–Crippen LogP) is 6.32. The van der Waals surface area contributed by atoms with Crippen LogP contribution in [0.4, 0.5) is 0 Å². The first kappa shape index (κ1) is 19.3. The molecule has 0 unspecified atom stereocenters. The second-order valence-corrected chi connectivity index (χ2v) is 10.2. The Morgan fingerprint density at radius 1 is 0.414 bits per heavy atom. The van der Waals surface area contributed by atoms with E-state index < -0.39 is 17.8 Å². The van der Waals surface area contributed by atoms with Gasteiger partial charge >= 0.3 is 177 Å². The van der Waals surface area contributed by atoms with E-state index in [0.29, 0.717) is 4.73 Å². The predicted molar refractivity (Wildman–Crippen MR) is 111 cm³/mol. The van der Waals surface area contributed by atoms with Crippen LogP contribution in [0.25, 0.3) is 0 Å². The molecule has 0 saturated carbocycles. The summed E-state index contributed by atoms with van der Waals surface area (Å²) in [6.45, 7) is 0. The molecule has 0 spiro atoms. The van der Waals surface area contributed by atoms with Crippen molar-refractivity contribution in [3.8, 4) is 17.2 Å². The van der Waals surface area contributed by atoms with Gasteiger partial charge in [0.15, 0.2) is 0 Å². The van der Waals surface area contributed by atoms with Gasteiger partial charge in [-0.2, -0.15) is 0 Å². The molecule has 0 bridgehead atoms. The molecular weight excluding hydrogens is 396 g/mol. The first-order valence-electron chi connectivity index (χ1n) is 9.57. The van der Waals surface area contributed by atoms with Crippen molar-refractivity contribution in [2.24, 2.45) is 0 Å². The zero-order valence-corrected chi connectivity index (χ0v) is 17.5. The van der Waals surface area contributed by atoms with Crippen molar-refractivity contribution >= 4 is 0 Å². The van der Waals surface area contributed by atoms with Gasteiger partial charge in [0.05, 0.1) is 0 Å². The maximum atomic E-state index is 6.56. The average molecular weight is 418 g/mol. The Morgan fingerprint density at radius 3 is 1.07 bits per heavy atom. The second-order valence-electron chi connectivity index (χ2n) is 6.59. The molecule has 4 rings (SSSR count). The summed E-state index contributed by atoms with van der Waals surface area (Å²) in [6.07, 6.45) is 0. The van der Waals surface area contributed by atoms with Gasteiger partial charge in [-0.1, -0.05) is 0 Å². The van der Waals surface area contributed by atoms with Gasteiger partial charge in [0.25, 0.3) is 0 Å². The molecule has 4 aromatic carbocycles. The number of rotatable bonds is 8. The van der Waals surface area contributed by atoms with Crippen LogP contribution in [0.2, 0.25) is 0 Å². The fourth-order valence-corrected chi connectivity index (χ4v) is 7.02. The number of para-hydroxylation sites is 3. The molecule has 0 aliphatic carbocycles. The summed E-state index contributed by atoms with van der Waals surface area (Å²) in [5, 5.41) is 0. The average Bonchev–Trinajstić information content (AvgIpc) is 2.76. The van der Waals surface area contributed by atoms with Crippen molar-refractivity contribution in [3.05, 3.63) is 127 Å². The van der Waals surface area contributed by atoms with E-state index in [1.807, 2.05) is 109 Å². The quantitative estimate of drug-likeness (QED) is 0.313. The van der Waals surface area contributed by atoms with Crippen LogP contribution < -0.4 is 9.96 Å². The first-order chi connectivity index (χ1) is 14.3. The minimum atomic E-state index is -3.92. The molecule has 0 aliphatic heterocycles. The van der Waals surface area contributed by atoms with E-state index in [9.17, 15) is 0 Å². The van der Waals surface area contributed by atoms with Gasteiger partial charge in [0, 0.05) is 0 Å². The molecule has 0 saturated heterocycles. The van der Waals surface area contributed by atoms with Crippen molar-refractivity contribution in [1.82, 2.24) is 0 Å². The topological polar surface area (TPSA) is 27.7 Å². The Kier molecular flexibility index (Phi) is 6.30. The molecule has 144 valence electrons. The van der Waals surface area contributed by atoms with E-state index in [2.05, 4.69) is 12.1 Å². The SMILES string of the molecule is c1ccc([CH2][Ti]([O]c2ccccc2)([O]c2ccccc2)[O]c2ccccc2)cc1. The van der Waals surface area contributed by atoms with Crippen molar-refractivity contribution in [3.63, 3.8) is 0 Å². The Labute approximate surface area is 176 Å². The summed E-state index contributed by atoms with van der Waals surface area (Å²) in [5.74, 6) is 2.24. The summed E-state index contributed by atoms with van der Waals surface area (Å²) in [4.78, 5) is 0. The molecule has 0 aromatic heterocycles. The van der Waals surface area contributed by atoms with E-state index in [1.54, 1.807) is 0 Å². The molecule has 0 aliphatic rings. The van der Waals surface area contributed by atoms with Crippen LogP contribution >= 0.6 is 0 Å². The summed E-state index contributed by atoms with van der Waals surface area (Å²) in [5.41, 5.74) is 1.12. The van der Waals surface area contributed by atoms with Crippen LogP contribution in [-0.4, -0.2) is 0 Å². The van der Waals surface area contributed by atoms with Gasteiger partial charge in [-0.3, -0.25) is 0 Å². The molecule has 0 heterocycles. The molecule has 3 nitrogen and oxygen atoms in total. The van der Waals surface area contributed by atoms with Gasteiger partial charge in [0.1, 0.15) is 0 Å². The van der Waals surface area contributed by atoms with Crippen LogP contribution in [0.1, 0.15) is 5.56 Å². The molecule has 0 fully saturated rings. The van der Waals surface area contributed by atoms with Crippen LogP contribution in [0.3, 0.4) is 0 Å². The molecular formula is C25H22O3Ti. The van der Waals surface area contributed by atoms with Gasteiger partial charge in [-0.25, -0.2) is 0 Å². The third kappa shape index (κ3) is 5.51. The van der Waals surface area contributed by atoms with Crippen LogP contribution in [0.5, 0.6) is 17.2 Å². The zero-order valence-electron chi connectivity index (χ0n) is 16.0. The van der Waals surface area contributed by atoms with Crippen molar-refractivity contribution < 1.29 is 27.7 Å². The fourth-order valence-electron chi connectivity index (χ4n) is 3.02. The molecule has 0 N–H and O–H groups in total. The summed E-state index contributed by atoms with van der Waals surface area (Å²) in [6, 6.07) is 39.5. The Hall–Kier alpha value is -3.01. The van der Waals surface area contributed by atoms with Crippen molar-refractivity contribution in [1.29, 1.82) is 0 Å². The van der Waals surface area contributed by atoms with Crippen molar-refractivity contribution in [2.75, 3.05) is 0 Å². The second kappa shape index (κ2) is 9.46. The molecule has 4 heteroatoms. The van der Waals surface area contributed by atoms with Crippen molar-refractivity contribution in [2.45, 2.75) is 4.73 Å². The number of benzene rings is 4. The summed E-state index contributed by atoms with van der Waals surface area (Å²) < 4.78 is 20.3. The van der Waals surface area contributed by atoms with Gasteiger partial charge in [-0.05, 0) is 0 Å². The number of hydrogen-bond acceptors (Lipinski definition) is 3. The number of hydrogen-bond donors (Lipinski definition) is 0. The third-order valence-corrected chi connectivity index (χ3v) is 8.19. The Balaban J connectivity index is 1.75. The van der Waals surface area contributed by atoms with E-state index in [1.165, 1.54) is 0 Å². The van der Waals surface area contributed by atoms with E-state index in [0.717, 1.165) is 22.8 Å². The van der Waals surface area contributed by atoms with Crippen LogP contribution in [-0.2, 0) is 22.5 Å². The van der Waals surface area contributed by atoms with E-state index in [4.69, 9.17) is 9.96 Å². The van der Waals surface area contributed by atoms with Crippen LogP contribution in [0, 0.1) is 0 Å². The molecule has 0 radical (unpaired) electrons. The van der Waals surface area contributed by atoms with Crippen LogP contribution in [0.15, 0.2) is 121 Å². The standard InChI is InChI=1S/C7H7.3C6H6O.Ti/c1-7-5-3-2-4-6-7;3*7-6-4-2-1-3-5-6;/h2-6H,1H2;3*1-5,7H;/q;;;;+3/p-3. The van der Waals surface area contributed by atoms with Gasteiger partial charge in [-0.15, -0.1) is 0 Å². The molecule has 0 atom stereocenters. The summed E-state index contributed by atoms with van der Waals surface area (Å²) in [7, 11) is 0. The molecule has 29 heavy (non-hydrogen) atoms. The summed E-state index contributed by atoms with van der Waals surface area (Å²) >= 11 is -3.92. The molecule has 4 aromatic rings. The monoisotopic (exact) mass is 418 g/mol. The normalized spacial score (nSPS) is 10.9.